The second-order valence-electron chi connectivity index (χ2n) is 6.04. The van der Waals surface area contributed by atoms with Crippen LogP contribution in [0.4, 0.5) is 0 Å². The maximum Gasteiger partial charge on any atom is 0.0727 e. The summed E-state index contributed by atoms with van der Waals surface area (Å²) in [7, 11) is 0. The summed E-state index contributed by atoms with van der Waals surface area (Å²) >= 11 is 1.91. The zero-order valence-corrected chi connectivity index (χ0v) is 13.3. The first-order chi connectivity index (χ1) is 9.15. The fourth-order valence-corrected chi connectivity index (χ4v) is 3.13. The van der Waals surface area contributed by atoms with Gasteiger partial charge in [0.2, 0.25) is 0 Å². The Balaban J connectivity index is 1.67. The van der Waals surface area contributed by atoms with Crippen LogP contribution in [0.15, 0.2) is 6.07 Å². The van der Waals surface area contributed by atoms with E-state index in [0.717, 1.165) is 31.7 Å². The molecule has 0 unspecified atom stereocenters. The van der Waals surface area contributed by atoms with Crippen LogP contribution in [-0.2, 0) is 17.9 Å². The van der Waals surface area contributed by atoms with Crippen molar-refractivity contribution in [2.75, 3.05) is 6.61 Å². The highest BCUT2D eigenvalue weighted by atomic mass is 32.1. The molecule has 3 heteroatoms. The van der Waals surface area contributed by atoms with Crippen LogP contribution in [0, 0.1) is 12.8 Å². The van der Waals surface area contributed by atoms with Gasteiger partial charge in [-0.25, -0.2) is 0 Å². The van der Waals surface area contributed by atoms with Crippen LogP contribution in [-0.4, -0.2) is 12.6 Å². The van der Waals surface area contributed by atoms with Crippen molar-refractivity contribution in [1.82, 2.24) is 5.32 Å². The molecule has 0 spiro atoms. The molecule has 0 atom stereocenters. The third-order valence-electron chi connectivity index (χ3n) is 3.54. The largest absolute Gasteiger partial charge is 0.377 e. The van der Waals surface area contributed by atoms with Crippen LogP contribution in [0.3, 0.4) is 0 Å². The second kappa shape index (κ2) is 7.41. The van der Waals surface area contributed by atoms with E-state index >= 15 is 0 Å². The molecular formula is C16H27NOS. The molecule has 1 fully saturated rings. The van der Waals surface area contributed by atoms with Crippen LogP contribution < -0.4 is 5.32 Å². The third kappa shape index (κ3) is 5.64. The highest BCUT2D eigenvalue weighted by molar-refractivity contribution is 7.12. The monoisotopic (exact) mass is 281 g/mol. The molecule has 0 amide bonds. The highest BCUT2D eigenvalue weighted by Gasteiger charge is 2.20. The topological polar surface area (TPSA) is 21.3 Å². The van der Waals surface area contributed by atoms with Gasteiger partial charge in [-0.15, -0.1) is 11.3 Å². The molecule has 0 saturated heterocycles. The molecule has 1 heterocycles. The summed E-state index contributed by atoms with van der Waals surface area (Å²) < 4.78 is 5.79. The summed E-state index contributed by atoms with van der Waals surface area (Å²) in [4.78, 5) is 2.86. The fourth-order valence-electron chi connectivity index (χ4n) is 2.13. The Labute approximate surface area is 121 Å². The van der Waals surface area contributed by atoms with E-state index in [-0.39, 0.29) is 0 Å². The van der Waals surface area contributed by atoms with Gasteiger partial charge in [-0.1, -0.05) is 13.8 Å². The summed E-state index contributed by atoms with van der Waals surface area (Å²) in [6, 6.07) is 3.11. The summed E-state index contributed by atoms with van der Waals surface area (Å²) in [5, 5.41) is 3.57. The van der Waals surface area contributed by atoms with E-state index in [4.69, 9.17) is 4.74 Å². The molecule has 1 saturated carbocycles. The van der Waals surface area contributed by atoms with Crippen LogP contribution in [0.25, 0.3) is 0 Å². The van der Waals surface area contributed by atoms with Crippen molar-refractivity contribution >= 4 is 11.3 Å². The minimum absolute atomic E-state index is 0.782. The van der Waals surface area contributed by atoms with E-state index in [0.29, 0.717) is 0 Å². The average molecular weight is 281 g/mol. The molecule has 1 aromatic heterocycles. The maximum atomic E-state index is 5.79. The van der Waals surface area contributed by atoms with Crippen molar-refractivity contribution in [2.45, 2.75) is 65.6 Å². The zero-order chi connectivity index (χ0) is 13.7. The molecule has 1 aromatic rings. The minimum Gasteiger partial charge on any atom is -0.377 e. The van der Waals surface area contributed by atoms with E-state index in [1.165, 1.54) is 41.0 Å². The Morgan fingerprint density at radius 2 is 2.21 bits per heavy atom. The van der Waals surface area contributed by atoms with Gasteiger partial charge in [-0.05, 0) is 50.2 Å². The molecule has 1 aliphatic carbocycles. The summed E-state index contributed by atoms with van der Waals surface area (Å²) in [6.07, 6.45) is 5.16. The van der Waals surface area contributed by atoms with Crippen molar-refractivity contribution in [2.24, 2.45) is 5.92 Å². The third-order valence-corrected chi connectivity index (χ3v) is 4.63. The summed E-state index contributed by atoms with van der Waals surface area (Å²) in [6.45, 7) is 9.44. The number of thiophene rings is 1. The standard InChI is InChI=1S/C16H27NOS/c1-12(2)5-4-8-18-11-14-9-16(19-13(14)3)10-17-15-6-7-15/h9,12,15,17H,4-8,10-11H2,1-3H3. The van der Waals surface area contributed by atoms with Crippen molar-refractivity contribution in [1.29, 1.82) is 0 Å². The minimum atomic E-state index is 0.782. The first-order valence-electron chi connectivity index (χ1n) is 7.54. The normalized spacial score (nSPS) is 15.4. The Hall–Kier alpha value is -0.380. The van der Waals surface area contributed by atoms with Crippen molar-refractivity contribution in [3.8, 4) is 0 Å². The molecular weight excluding hydrogens is 254 g/mol. The average Bonchev–Trinajstić information content (AvgIpc) is 3.11. The molecule has 108 valence electrons. The SMILES string of the molecule is Cc1sc(CNC2CC2)cc1COCCCC(C)C. The van der Waals surface area contributed by atoms with E-state index in [1.54, 1.807) is 0 Å². The van der Waals surface area contributed by atoms with Gasteiger partial charge in [0, 0.05) is 28.9 Å². The van der Waals surface area contributed by atoms with Crippen LogP contribution >= 0.6 is 11.3 Å². The molecule has 0 radical (unpaired) electrons. The van der Waals surface area contributed by atoms with Crippen LogP contribution in [0.2, 0.25) is 0 Å². The predicted octanol–water partition coefficient (Wildman–Crippen LogP) is 4.26. The molecule has 1 aliphatic rings. The molecule has 0 bridgehead atoms. The van der Waals surface area contributed by atoms with E-state index in [9.17, 15) is 0 Å². The van der Waals surface area contributed by atoms with Gasteiger partial charge in [-0.2, -0.15) is 0 Å². The van der Waals surface area contributed by atoms with Gasteiger partial charge in [0.05, 0.1) is 6.61 Å². The van der Waals surface area contributed by atoms with Gasteiger partial charge in [0.25, 0.3) is 0 Å². The van der Waals surface area contributed by atoms with E-state index < -0.39 is 0 Å². The van der Waals surface area contributed by atoms with Crippen molar-refractivity contribution in [3.05, 3.63) is 21.4 Å². The van der Waals surface area contributed by atoms with E-state index in [1.807, 2.05) is 11.3 Å². The molecule has 19 heavy (non-hydrogen) atoms. The lowest BCUT2D eigenvalue weighted by atomic mass is 10.1. The number of aryl methyl sites for hydroxylation is 1. The molecule has 1 N–H and O–H groups in total. The van der Waals surface area contributed by atoms with Crippen molar-refractivity contribution in [3.63, 3.8) is 0 Å². The maximum absolute atomic E-state index is 5.79. The first kappa shape index (κ1) is 15.0. The fraction of sp³-hybridized carbons (Fsp3) is 0.750. The number of hydrogen-bond acceptors (Lipinski definition) is 3. The Kier molecular flexibility index (Phi) is 5.86. The van der Waals surface area contributed by atoms with Gasteiger partial charge < -0.3 is 10.1 Å². The van der Waals surface area contributed by atoms with Gasteiger partial charge >= 0.3 is 0 Å². The predicted molar refractivity (Wildman–Crippen MR) is 82.6 cm³/mol. The smallest absolute Gasteiger partial charge is 0.0727 e. The van der Waals surface area contributed by atoms with Crippen LogP contribution in [0.1, 0.15) is 54.8 Å². The number of rotatable bonds is 9. The number of ether oxygens (including phenoxy) is 1. The quantitative estimate of drug-likeness (QED) is 0.683. The highest BCUT2D eigenvalue weighted by Crippen LogP contribution is 2.24. The van der Waals surface area contributed by atoms with Crippen molar-refractivity contribution < 1.29 is 4.74 Å². The first-order valence-corrected chi connectivity index (χ1v) is 8.36. The van der Waals surface area contributed by atoms with E-state index in [2.05, 4.69) is 32.2 Å². The Bertz CT molecular complexity index is 382. The van der Waals surface area contributed by atoms with Gasteiger partial charge in [0.15, 0.2) is 0 Å². The Morgan fingerprint density at radius 3 is 2.89 bits per heavy atom. The lowest BCUT2D eigenvalue weighted by molar-refractivity contribution is 0.115. The summed E-state index contributed by atoms with van der Waals surface area (Å²) in [5.74, 6) is 0.784. The zero-order valence-electron chi connectivity index (χ0n) is 12.5. The lowest BCUT2D eigenvalue weighted by Crippen LogP contribution is -2.14. The molecule has 0 aliphatic heterocycles. The summed E-state index contributed by atoms with van der Waals surface area (Å²) in [5.41, 5.74) is 1.38. The number of hydrogen-bond donors (Lipinski definition) is 1. The van der Waals surface area contributed by atoms with Crippen LogP contribution in [0.5, 0.6) is 0 Å². The molecule has 2 rings (SSSR count). The lowest BCUT2D eigenvalue weighted by Gasteiger charge is -2.05. The Morgan fingerprint density at radius 1 is 1.42 bits per heavy atom. The molecule has 2 nitrogen and oxygen atoms in total. The van der Waals surface area contributed by atoms with Gasteiger partial charge in [-0.3, -0.25) is 0 Å². The number of nitrogens with one attached hydrogen (secondary N) is 1. The second-order valence-corrected chi connectivity index (χ2v) is 7.38. The molecule has 0 aromatic carbocycles. The van der Waals surface area contributed by atoms with Gasteiger partial charge in [0.1, 0.15) is 0 Å².